The van der Waals surface area contributed by atoms with Gasteiger partial charge in [-0.2, -0.15) is 0 Å². The molecule has 18 nitrogen and oxygen atoms in total. The summed E-state index contributed by atoms with van der Waals surface area (Å²) in [4.78, 5) is 26.6. The largest absolute Gasteiger partial charge is 0.491 e. The van der Waals surface area contributed by atoms with E-state index in [0.717, 1.165) is 123 Å². The molecular weight excluding hydrogens is 1380 g/mol. The van der Waals surface area contributed by atoms with E-state index in [0.29, 0.717) is 170 Å². The van der Waals surface area contributed by atoms with Gasteiger partial charge in [-0.3, -0.25) is 0 Å². The number of nitrogens with zero attached hydrogens (tertiary/aromatic N) is 6. The molecule has 6 aliphatic rings. The first-order valence-corrected chi connectivity index (χ1v) is 38.1. The number of pyridine rings is 4. The van der Waals surface area contributed by atoms with Crippen molar-refractivity contribution in [3.63, 3.8) is 0 Å². The molecule has 0 spiro atoms. The Bertz CT molecular complexity index is 5420. The molecule has 0 saturated carbocycles. The molecule has 0 amide bonds. The van der Waals surface area contributed by atoms with Crippen LogP contribution in [-0.4, -0.2) is 178 Å². The van der Waals surface area contributed by atoms with E-state index in [4.69, 9.17) is 76.8 Å². The number of anilines is 2. The topological polar surface area (TPSA) is 169 Å². The van der Waals surface area contributed by atoms with Gasteiger partial charge < -0.3 is 66.6 Å². The molecule has 110 heavy (non-hydrogen) atoms. The Morgan fingerprint density at radius 1 is 0.218 bits per heavy atom. The molecular formula is C92H88N6O12. The SMILES string of the molecule is c1ccc2cc(N3CCOCCOCCOc4ccc(cc4)-c4ccc5ccc6c(-c7cc8ccc7-c7ccc9ccc%10ccc(nc%10c9n7)-c7ccc(cc7)OCCOCCOCCN(c7cccc9ccccc79)CCOCCOCCO8)cc(nc6c5n4)-c4ccc(cc4)OCCOCCOCC3)ccc2c1. The molecule has 14 aromatic rings. The van der Waals surface area contributed by atoms with Crippen molar-refractivity contribution in [3.8, 4) is 79.2 Å². The monoisotopic (exact) mass is 1470 g/mol. The molecule has 6 aliphatic heterocycles. The van der Waals surface area contributed by atoms with Crippen LogP contribution < -0.4 is 28.7 Å². The summed E-state index contributed by atoms with van der Waals surface area (Å²) < 4.78 is 74.1. The van der Waals surface area contributed by atoms with Crippen molar-refractivity contribution >= 4 is 76.5 Å². The van der Waals surface area contributed by atoms with Gasteiger partial charge in [-0.15, -0.1) is 0 Å². The first-order valence-electron chi connectivity index (χ1n) is 38.1. The van der Waals surface area contributed by atoms with Gasteiger partial charge in [-0.1, -0.05) is 109 Å². The molecule has 16 bridgehead atoms. The molecule has 0 N–H and O–H groups in total. The zero-order chi connectivity index (χ0) is 73.9. The zero-order valence-electron chi connectivity index (χ0n) is 61.6. The number of hydrogen-bond donors (Lipinski definition) is 0. The Morgan fingerprint density at radius 3 is 1.15 bits per heavy atom. The lowest BCUT2D eigenvalue weighted by Gasteiger charge is -2.26. The molecule has 558 valence electrons. The van der Waals surface area contributed by atoms with E-state index in [1.807, 2.05) is 66.7 Å². The summed E-state index contributed by atoms with van der Waals surface area (Å²) in [6, 6.07) is 83.5. The van der Waals surface area contributed by atoms with Crippen LogP contribution in [0.2, 0.25) is 0 Å². The van der Waals surface area contributed by atoms with Gasteiger partial charge in [-0.05, 0) is 161 Å². The van der Waals surface area contributed by atoms with Gasteiger partial charge in [-0.25, -0.2) is 19.9 Å². The average molecular weight is 1470 g/mol. The van der Waals surface area contributed by atoms with Crippen LogP contribution in [0.3, 0.4) is 0 Å². The van der Waals surface area contributed by atoms with Gasteiger partial charge in [0.15, 0.2) is 0 Å². The van der Waals surface area contributed by atoms with E-state index in [2.05, 4.69) is 186 Å². The average Bonchev–Trinajstić information content (AvgIpc) is 0.736. The predicted octanol–water partition coefficient (Wildman–Crippen LogP) is 17.2. The summed E-state index contributed by atoms with van der Waals surface area (Å²) in [5, 5.41) is 8.50. The highest BCUT2D eigenvalue weighted by molar-refractivity contribution is 6.12. The highest BCUT2D eigenvalue weighted by Crippen LogP contribution is 2.43. The fourth-order valence-corrected chi connectivity index (χ4v) is 14.1. The standard InChI is InChI=1S/C92H88N6O12/c1-2-8-73-62-74(25-14-65(73)6-1)97-38-42-99-46-50-103-54-58-108-76-28-17-68(18-29-76)85-36-23-72-21-33-81-83(64-87(96-92(81)91(72)94-85)69-19-30-77(31-20-69)109-60-56-104-51-47-100-43-39-97)82-63-78-32-34-80(82)86-37-24-71-13-12-70-22-35-84(93-89(70)90(71)95-86)67-15-26-75(27-16-67)107-59-55-105-52-48-101-44-40-98(41-45-102-49-53-106-57-61-110-78)88-11-5-9-66-7-3-4-10-79(66)88/h1-37,62-64H,38-61H2. The maximum absolute atomic E-state index is 6.68. The van der Waals surface area contributed by atoms with Crippen LogP contribution >= 0.6 is 0 Å². The Morgan fingerprint density at radius 2 is 0.609 bits per heavy atom. The molecule has 0 unspecified atom stereocenters. The lowest BCUT2D eigenvalue weighted by molar-refractivity contribution is 0.0347. The van der Waals surface area contributed by atoms with Crippen molar-refractivity contribution < 1.29 is 56.8 Å². The van der Waals surface area contributed by atoms with Crippen LogP contribution in [0, 0.1) is 0 Å². The summed E-state index contributed by atoms with van der Waals surface area (Å²) in [6.45, 7) is 11.3. The summed E-state index contributed by atoms with van der Waals surface area (Å²) in [5.74, 6) is 2.83. The number of ether oxygens (including phenoxy) is 12. The maximum atomic E-state index is 6.68. The van der Waals surface area contributed by atoms with Gasteiger partial charge in [0.1, 0.15) is 49.4 Å². The third-order valence-electron chi connectivity index (χ3n) is 19.9. The molecule has 0 radical (unpaired) electrons. The number of hydrogen-bond acceptors (Lipinski definition) is 18. The van der Waals surface area contributed by atoms with Gasteiger partial charge in [0, 0.05) is 86.7 Å². The van der Waals surface area contributed by atoms with Crippen LogP contribution in [0.1, 0.15) is 0 Å². The molecule has 0 atom stereocenters. The van der Waals surface area contributed by atoms with E-state index in [9.17, 15) is 0 Å². The smallest absolute Gasteiger partial charge is 0.120 e. The fourth-order valence-electron chi connectivity index (χ4n) is 14.1. The van der Waals surface area contributed by atoms with Gasteiger partial charge in [0.05, 0.1) is 151 Å². The first kappa shape index (κ1) is 73.0. The van der Waals surface area contributed by atoms with Gasteiger partial charge in [0.25, 0.3) is 0 Å². The number of aromatic nitrogens is 4. The predicted molar refractivity (Wildman–Crippen MR) is 436 cm³/mol. The van der Waals surface area contributed by atoms with E-state index in [1.54, 1.807) is 0 Å². The Labute approximate surface area is 639 Å². The maximum Gasteiger partial charge on any atom is 0.120 e. The van der Waals surface area contributed by atoms with Gasteiger partial charge in [0.2, 0.25) is 0 Å². The van der Waals surface area contributed by atoms with Crippen LogP contribution in [-0.2, 0) is 37.9 Å². The number of rotatable bonds is 3. The van der Waals surface area contributed by atoms with E-state index in [-0.39, 0.29) is 0 Å². The summed E-state index contributed by atoms with van der Waals surface area (Å²) in [6.07, 6.45) is 0. The van der Waals surface area contributed by atoms with E-state index >= 15 is 0 Å². The Kier molecular flexibility index (Phi) is 24.1. The summed E-state index contributed by atoms with van der Waals surface area (Å²) >= 11 is 0. The minimum Gasteiger partial charge on any atom is -0.491 e. The number of fused-ring (bicyclic) bond motifs is 6. The van der Waals surface area contributed by atoms with Crippen molar-refractivity contribution in [2.24, 2.45) is 0 Å². The third kappa shape index (κ3) is 18.1. The normalized spacial score (nSPS) is 16.0. The molecule has 0 saturated heterocycles. The quantitative estimate of drug-likeness (QED) is 0.153. The second-order valence-corrected chi connectivity index (χ2v) is 27.0. The van der Waals surface area contributed by atoms with Crippen LogP contribution in [0.5, 0.6) is 23.0 Å². The van der Waals surface area contributed by atoms with Crippen molar-refractivity contribution in [2.45, 2.75) is 0 Å². The van der Waals surface area contributed by atoms with Crippen molar-refractivity contribution in [1.82, 2.24) is 19.9 Å². The van der Waals surface area contributed by atoms with Crippen molar-refractivity contribution in [3.05, 3.63) is 243 Å². The van der Waals surface area contributed by atoms with E-state index < -0.39 is 0 Å². The Balaban J connectivity index is 0.712. The van der Waals surface area contributed by atoms with Crippen LogP contribution in [0.15, 0.2) is 243 Å². The second-order valence-electron chi connectivity index (χ2n) is 27.0. The highest BCUT2D eigenvalue weighted by atomic mass is 16.6. The van der Waals surface area contributed by atoms with Gasteiger partial charge >= 0.3 is 0 Å². The lowest BCUT2D eigenvalue weighted by atomic mass is 9.92. The third-order valence-corrected chi connectivity index (χ3v) is 19.9. The lowest BCUT2D eigenvalue weighted by Crippen LogP contribution is -2.31. The zero-order valence-corrected chi connectivity index (χ0v) is 61.6. The van der Waals surface area contributed by atoms with E-state index in [1.165, 1.54) is 21.5 Å². The summed E-state index contributed by atoms with van der Waals surface area (Å²) in [5.41, 5.74) is 13.8. The minimum absolute atomic E-state index is 0.293. The van der Waals surface area contributed by atoms with Crippen molar-refractivity contribution in [2.75, 3.05) is 168 Å². The molecule has 18 heteroatoms. The van der Waals surface area contributed by atoms with Crippen LogP contribution in [0.25, 0.3) is 121 Å². The second kappa shape index (κ2) is 36.4. The molecule has 0 fully saturated rings. The molecule has 10 heterocycles. The molecule has 4 aromatic heterocycles. The van der Waals surface area contributed by atoms with Crippen molar-refractivity contribution in [1.29, 1.82) is 0 Å². The highest BCUT2D eigenvalue weighted by Gasteiger charge is 2.21. The molecule has 20 rings (SSSR count). The Hall–Kier alpha value is -11.2. The number of benzene rings is 10. The van der Waals surface area contributed by atoms with Crippen LogP contribution in [0.4, 0.5) is 11.4 Å². The fraction of sp³-hybridized carbons (Fsp3) is 0.261. The molecule has 0 aliphatic carbocycles. The summed E-state index contributed by atoms with van der Waals surface area (Å²) in [7, 11) is 0. The molecule has 10 aromatic carbocycles. The first-order chi connectivity index (χ1) is 54.5. The minimum atomic E-state index is 0.293.